The van der Waals surface area contributed by atoms with E-state index in [1.807, 2.05) is 0 Å². The number of aliphatic hydroxyl groups is 1. The van der Waals surface area contributed by atoms with E-state index in [2.05, 4.69) is 0 Å². The van der Waals surface area contributed by atoms with Gasteiger partial charge in [0.05, 0.1) is 0 Å². The average Bonchev–Trinajstić information content (AvgIpc) is 1.99. The zero-order valence-electron chi connectivity index (χ0n) is 7.72. The maximum absolute atomic E-state index is 10.9. The van der Waals surface area contributed by atoms with Crippen molar-refractivity contribution in [2.24, 2.45) is 5.73 Å². The molecule has 1 atom stereocenters. The van der Waals surface area contributed by atoms with Crippen molar-refractivity contribution < 1.29 is 33.8 Å². The van der Waals surface area contributed by atoms with Crippen LogP contribution < -0.4 is 5.73 Å². The molecule has 0 aliphatic carbocycles. The van der Waals surface area contributed by atoms with Crippen LogP contribution in [0, 0.1) is 0 Å². The van der Waals surface area contributed by atoms with Crippen molar-refractivity contribution in [3.63, 3.8) is 0 Å². The van der Waals surface area contributed by atoms with Crippen molar-refractivity contribution >= 4 is 30.1 Å². The van der Waals surface area contributed by atoms with Gasteiger partial charge in [0, 0.05) is 0 Å². The first-order valence-corrected chi connectivity index (χ1v) is 9.71. The molecule has 0 rings (SSSR count). The van der Waals surface area contributed by atoms with E-state index in [0.29, 0.717) is 0 Å². The molecule has 92 valence electrons. The van der Waals surface area contributed by atoms with E-state index in [1.165, 1.54) is 0 Å². The molecule has 8 nitrogen and oxygen atoms in total. The minimum absolute atomic E-state index is 0.0558. The van der Waals surface area contributed by atoms with Crippen LogP contribution >= 0.6 is 15.2 Å². The summed E-state index contributed by atoms with van der Waals surface area (Å²) in [5.41, 5.74) is 5.22. The van der Waals surface area contributed by atoms with Crippen LogP contribution in [-0.2, 0) is 9.13 Å². The van der Waals surface area contributed by atoms with Crippen molar-refractivity contribution in [1.29, 1.82) is 0 Å². The Morgan fingerprint density at radius 3 is 1.80 bits per heavy atom. The van der Waals surface area contributed by atoms with Crippen LogP contribution in [0.25, 0.3) is 0 Å². The van der Waals surface area contributed by atoms with Gasteiger partial charge in [-0.05, 0) is 0 Å². The third-order valence-electron chi connectivity index (χ3n) is 1.70. The Kier molecular flexibility index (Phi) is 5.18. The van der Waals surface area contributed by atoms with Gasteiger partial charge in [-0.3, -0.25) is 0 Å². The average molecular weight is 328 g/mol. The molecule has 0 bridgehead atoms. The molecule has 7 N–H and O–H groups in total. The Morgan fingerprint density at radius 2 is 1.60 bits per heavy atom. The SMILES string of the molecule is C[Se]CC(N)C(O)(P(=O)(O)O)P(=O)(O)O. The summed E-state index contributed by atoms with van der Waals surface area (Å²) in [7, 11) is -10.8. The van der Waals surface area contributed by atoms with Gasteiger partial charge in [0.2, 0.25) is 0 Å². The van der Waals surface area contributed by atoms with E-state index in [4.69, 9.17) is 25.3 Å². The molecule has 1 unspecified atom stereocenters. The summed E-state index contributed by atoms with van der Waals surface area (Å²) in [6, 6.07) is -1.66. The van der Waals surface area contributed by atoms with Gasteiger partial charge in [0.25, 0.3) is 0 Å². The molecule has 11 heteroatoms. The Hall–Kier alpha value is 0.739. The van der Waals surface area contributed by atoms with Crippen molar-refractivity contribution in [1.82, 2.24) is 0 Å². The Labute approximate surface area is 92.4 Å². The summed E-state index contributed by atoms with van der Waals surface area (Å²) in [4.78, 5) is 35.1. The second-order valence-electron chi connectivity index (χ2n) is 2.84. The van der Waals surface area contributed by atoms with Crippen molar-refractivity contribution in [3.8, 4) is 0 Å². The van der Waals surface area contributed by atoms with E-state index in [-0.39, 0.29) is 20.3 Å². The summed E-state index contributed by atoms with van der Waals surface area (Å²) in [5, 5.41) is 5.90. The van der Waals surface area contributed by atoms with Crippen LogP contribution in [-0.4, -0.2) is 50.8 Å². The van der Waals surface area contributed by atoms with Gasteiger partial charge in [0.1, 0.15) is 0 Å². The molecule has 0 saturated heterocycles. The first-order chi connectivity index (χ1) is 6.48. The monoisotopic (exact) mass is 329 g/mol. The Balaban J connectivity index is 5.43. The first kappa shape index (κ1) is 15.7. The molecule has 15 heavy (non-hydrogen) atoms. The van der Waals surface area contributed by atoms with E-state index >= 15 is 0 Å². The molecule has 0 fully saturated rings. The maximum atomic E-state index is 10.9. The molecule has 0 amide bonds. The van der Waals surface area contributed by atoms with E-state index in [0.717, 1.165) is 0 Å². The summed E-state index contributed by atoms with van der Waals surface area (Å²) in [5.74, 6) is 1.66. The van der Waals surface area contributed by atoms with Crippen LogP contribution in [0.4, 0.5) is 0 Å². The molecular formula is C4H13NO7P2Se. The van der Waals surface area contributed by atoms with Gasteiger partial charge in [-0.25, -0.2) is 0 Å². The quantitative estimate of drug-likeness (QED) is 0.262. The number of nitrogens with two attached hydrogens (primary N) is 1. The fraction of sp³-hybridized carbons (Fsp3) is 1.00. The van der Waals surface area contributed by atoms with Crippen LogP contribution in [0.1, 0.15) is 0 Å². The topological polar surface area (TPSA) is 161 Å². The summed E-state index contributed by atoms with van der Waals surface area (Å²) >= 11 is -0.183. The van der Waals surface area contributed by atoms with Crippen LogP contribution in [0.2, 0.25) is 11.1 Å². The van der Waals surface area contributed by atoms with Crippen molar-refractivity contribution in [2.45, 2.75) is 22.3 Å². The first-order valence-electron chi connectivity index (χ1n) is 3.56. The van der Waals surface area contributed by atoms with Gasteiger partial charge in [-0.2, -0.15) is 0 Å². The standard InChI is InChI=1S/C4H13NO7P2Se/c1-15-2-3(5)4(6,13(7,8)9)14(10,11)12/h3,6H,2,5H2,1H3,(H2,7,8,9)(H2,10,11,12). The number of hydrogen-bond donors (Lipinski definition) is 6. The molecule has 0 aromatic rings. The number of hydrogen-bond acceptors (Lipinski definition) is 4. The van der Waals surface area contributed by atoms with Crippen molar-refractivity contribution in [2.75, 3.05) is 0 Å². The van der Waals surface area contributed by atoms with Crippen LogP contribution in [0.5, 0.6) is 0 Å². The van der Waals surface area contributed by atoms with Gasteiger partial charge in [-0.1, -0.05) is 0 Å². The normalized spacial score (nSPS) is 16.5. The van der Waals surface area contributed by atoms with E-state index in [9.17, 15) is 14.2 Å². The molecule has 0 aliphatic heterocycles. The second-order valence-corrected chi connectivity index (χ2v) is 8.64. The molecule has 0 radical (unpaired) electrons. The molecule has 0 aromatic heterocycles. The van der Waals surface area contributed by atoms with Gasteiger partial charge < -0.3 is 0 Å². The molecular weight excluding hydrogens is 315 g/mol. The Bertz CT molecular complexity index is 288. The Morgan fingerprint density at radius 1 is 1.27 bits per heavy atom. The van der Waals surface area contributed by atoms with Crippen molar-refractivity contribution in [3.05, 3.63) is 0 Å². The summed E-state index contributed by atoms with van der Waals surface area (Å²) in [6.07, 6.45) is 0. The second kappa shape index (κ2) is 4.94. The molecule has 0 aliphatic rings. The van der Waals surface area contributed by atoms with Crippen LogP contribution in [0.3, 0.4) is 0 Å². The van der Waals surface area contributed by atoms with Gasteiger partial charge >= 0.3 is 92.0 Å². The van der Waals surface area contributed by atoms with E-state index < -0.39 is 26.3 Å². The minimum atomic E-state index is -5.42. The number of rotatable bonds is 5. The third-order valence-corrected chi connectivity index (χ3v) is 7.10. The summed E-state index contributed by atoms with van der Waals surface area (Å²) in [6.45, 7) is 0. The molecule has 0 spiro atoms. The predicted octanol–water partition coefficient (Wildman–Crippen LogP) is -1.51. The fourth-order valence-corrected chi connectivity index (χ4v) is 5.11. The van der Waals surface area contributed by atoms with Gasteiger partial charge in [0.15, 0.2) is 0 Å². The van der Waals surface area contributed by atoms with Crippen LogP contribution in [0.15, 0.2) is 0 Å². The van der Waals surface area contributed by atoms with E-state index in [1.54, 1.807) is 5.82 Å². The molecule has 0 saturated carbocycles. The molecule has 0 heterocycles. The van der Waals surface area contributed by atoms with Gasteiger partial charge in [-0.15, -0.1) is 0 Å². The summed E-state index contributed by atoms with van der Waals surface area (Å²) < 4.78 is 21.8. The zero-order chi connectivity index (χ0) is 12.5. The fourth-order valence-electron chi connectivity index (χ4n) is 0.893. The molecule has 0 aromatic carbocycles. The predicted molar refractivity (Wildman–Crippen MR) is 53.4 cm³/mol. The zero-order valence-corrected chi connectivity index (χ0v) is 11.2. The third kappa shape index (κ3) is 3.11.